The first-order valence-corrected chi connectivity index (χ1v) is 8.06. The summed E-state index contributed by atoms with van der Waals surface area (Å²) in [5.41, 5.74) is 0. The number of hydrogen-bond donors (Lipinski definition) is 1. The molecule has 0 aromatic heterocycles. The lowest BCUT2D eigenvalue weighted by atomic mass is 10.3. The van der Waals surface area contributed by atoms with Gasteiger partial charge in [-0.2, -0.15) is 0 Å². The molecule has 19 heavy (non-hydrogen) atoms. The zero-order valence-electron chi connectivity index (χ0n) is 11.4. The van der Waals surface area contributed by atoms with Crippen LogP contribution in [0.2, 0.25) is 0 Å². The molecule has 5 nitrogen and oxygen atoms in total. The van der Waals surface area contributed by atoms with Crippen LogP contribution in [0.5, 0.6) is 5.75 Å². The highest BCUT2D eigenvalue weighted by atomic mass is 32.2. The standard InChI is InChI=1S/C13H21NO4S/c1-17-10-3-8-14-9-11-18-12-4-6-13(7-5-12)19(2,15)16/h4-7,14H,3,8-11H2,1-2H3. The Hall–Kier alpha value is -1.11. The Labute approximate surface area is 114 Å². The van der Waals surface area contributed by atoms with Gasteiger partial charge in [-0.1, -0.05) is 0 Å². The van der Waals surface area contributed by atoms with Crippen LogP contribution in [0.15, 0.2) is 29.2 Å². The minimum atomic E-state index is -3.14. The SMILES string of the molecule is COCCCNCCOc1ccc(S(C)(=O)=O)cc1. The third-order valence-corrected chi connectivity index (χ3v) is 3.63. The number of rotatable bonds is 9. The summed E-state index contributed by atoms with van der Waals surface area (Å²) < 4.78 is 33.0. The van der Waals surface area contributed by atoms with Gasteiger partial charge in [0.05, 0.1) is 4.90 Å². The minimum absolute atomic E-state index is 0.303. The summed E-state index contributed by atoms with van der Waals surface area (Å²) >= 11 is 0. The maximum atomic E-state index is 11.3. The fourth-order valence-electron chi connectivity index (χ4n) is 1.49. The number of methoxy groups -OCH3 is 1. The molecule has 6 heteroatoms. The molecule has 1 aromatic carbocycles. The molecule has 1 N–H and O–H groups in total. The van der Waals surface area contributed by atoms with Crippen LogP contribution in [0.3, 0.4) is 0 Å². The number of benzene rings is 1. The molecule has 0 unspecified atom stereocenters. The van der Waals surface area contributed by atoms with Crippen LogP contribution in [0.25, 0.3) is 0 Å². The highest BCUT2D eigenvalue weighted by Gasteiger charge is 2.06. The highest BCUT2D eigenvalue weighted by Crippen LogP contribution is 2.15. The lowest BCUT2D eigenvalue weighted by molar-refractivity contribution is 0.193. The van der Waals surface area contributed by atoms with Crippen molar-refractivity contribution in [2.45, 2.75) is 11.3 Å². The predicted octanol–water partition coefficient (Wildman–Crippen LogP) is 1.09. The molecule has 0 bridgehead atoms. The lowest BCUT2D eigenvalue weighted by Crippen LogP contribution is -2.22. The van der Waals surface area contributed by atoms with E-state index in [1.165, 1.54) is 6.26 Å². The second kappa shape index (κ2) is 8.14. The van der Waals surface area contributed by atoms with E-state index in [-0.39, 0.29) is 0 Å². The van der Waals surface area contributed by atoms with Crippen molar-refractivity contribution in [1.82, 2.24) is 5.32 Å². The van der Waals surface area contributed by atoms with Gasteiger partial charge in [0.2, 0.25) is 0 Å². The van der Waals surface area contributed by atoms with Crippen molar-refractivity contribution in [3.63, 3.8) is 0 Å². The molecule has 0 aliphatic rings. The van der Waals surface area contributed by atoms with E-state index >= 15 is 0 Å². The van der Waals surface area contributed by atoms with Crippen LogP contribution in [-0.4, -0.2) is 48.1 Å². The highest BCUT2D eigenvalue weighted by molar-refractivity contribution is 7.90. The van der Waals surface area contributed by atoms with Crippen molar-refractivity contribution >= 4 is 9.84 Å². The molecule has 0 aliphatic carbocycles. The van der Waals surface area contributed by atoms with Crippen LogP contribution in [-0.2, 0) is 14.6 Å². The van der Waals surface area contributed by atoms with Gasteiger partial charge in [-0.15, -0.1) is 0 Å². The first kappa shape index (κ1) is 15.9. The molecular formula is C13H21NO4S. The van der Waals surface area contributed by atoms with E-state index in [0.717, 1.165) is 26.1 Å². The van der Waals surface area contributed by atoms with Crippen LogP contribution in [0.1, 0.15) is 6.42 Å². The van der Waals surface area contributed by atoms with Crippen LogP contribution in [0.4, 0.5) is 0 Å². The third-order valence-electron chi connectivity index (χ3n) is 2.50. The normalized spacial score (nSPS) is 11.5. The second-order valence-corrected chi connectivity index (χ2v) is 6.20. The van der Waals surface area contributed by atoms with Gasteiger partial charge < -0.3 is 14.8 Å². The molecule has 0 atom stereocenters. The zero-order valence-corrected chi connectivity index (χ0v) is 12.2. The number of nitrogens with one attached hydrogen (secondary N) is 1. The van der Waals surface area contributed by atoms with Crippen molar-refractivity contribution in [1.29, 1.82) is 0 Å². The summed E-state index contributed by atoms with van der Waals surface area (Å²) in [6.07, 6.45) is 2.16. The Morgan fingerprint density at radius 2 is 1.79 bits per heavy atom. The number of ether oxygens (including phenoxy) is 2. The Bertz CT molecular complexity index is 456. The predicted molar refractivity (Wildman–Crippen MR) is 74.4 cm³/mol. The van der Waals surface area contributed by atoms with Gasteiger partial charge >= 0.3 is 0 Å². The molecule has 1 rings (SSSR count). The average molecular weight is 287 g/mol. The Morgan fingerprint density at radius 1 is 1.11 bits per heavy atom. The van der Waals surface area contributed by atoms with Crippen molar-refractivity contribution in [3.05, 3.63) is 24.3 Å². The maximum absolute atomic E-state index is 11.3. The Morgan fingerprint density at radius 3 is 2.37 bits per heavy atom. The minimum Gasteiger partial charge on any atom is -0.492 e. The van der Waals surface area contributed by atoms with Gasteiger partial charge in [0.25, 0.3) is 0 Å². The average Bonchev–Trinajstić information content (AvgIpc) is 2.37. The van der Waals surface area contributed by atoms with Gasteiger partial charge in [-0.25, -0.2) is 8.42 Å². The largest absolute Gasteiger partial charge is 0.492 e. The maximum Gasteiger partial charge on any atom is 0.175 e. The fraction of sp³-hybridized carbons (Fsp3) is 0.538. The van der Waals surface area contributed by atoms with Crippen LogP contribution < -0.4 is 10.1 Å². The molecule has 0 saturated heterocycles. The summed E-state index contributed by atoms with van der Waals surface area (Å²) in [7, 11) is -1.45. The smallest absolute Gasteiger partial charge is 0.175 e. The molecule has 0 spiro atoms. The van der Waals surface area contributed by atoms with E-state index in [1.54, 1.807) is 31.4 Å². The van der Waals surface area contributed by atoms with E-state index in [1.807, 2.05) is 0 Å². The van der Waals surface area contributed by atoms with E-state index < -0.39 is 9.84 Å². The number of hydrogen-bond acceptors (Lipinski definition) is 5. The van der Waals surface area contributed by atoms with E-state index in [2.05, 4.69) is 5.32 Å². The van der Waals surface area contributed by atoms with Crippen molar-refractivity contribution < 1.29 is 17.9 Å². The molecule has 1 aromatic rings. The fourth-order valence-corrected chi connectivity index (χ4v) is 2.12. The van der Waals surface area contributed by atoms with E-state index in [9.17, 15) is 8.42 Å². The molecule has 0 aliphatic heterocycles. The van der Waals surface area contributed by atoms with Gasteiger partial charge in [0.15, 0.2) is 9.84 Å². The molecule has 0 heterocycles. The first-order valence-electron chi connectivity index (χ1n) is 6.16. The lowest BCUT2D eigenvalue weighted by Gasteiger charge is -2.08. The van der Waals surface area contributed by atoms with Crippen molar-refractivity contribution in [2.75, 3.05) is 39.7 Å². The number of sulfone groups is 1. The Balaban J connectivity index is 2.23. The van der Waals surface area contributed by atoms with Crippen LogP contribution >= 0.6 is 0 Å². The van der Waals surface area contributed by atoms with Gasteiger partial charge in [0, 0.05) is 26.5 Å². The molecule has 0 radical (unpaired) electrons. The topological polar surface area (TPSA) is 64.6 Å². The van der Waals surface area contributed by atoms with Gasteiger partial charge in [-0.05, 0) is 37.2 Å². The van der Waals surface area contributed by atoms with Crippen molar-refractivity contribution in [2.24, 2.45) is 0 Å². The molecule has 0 fully saturated rings. The summed E-state index contributed by atoms with van der Waals surface area (Å²) in [5, 5.41) is 3.23. The summed E-state index contributed by atoms with van der Waals surface area (Å²) in [6, 6.07) is 6.44. The summed E-state index contributed by atoms with van der Waals surface area (Å²) in [4.78, 5) is 0.303. The van der Waals surface area contributed by atoms with Crippen molar-refractivity contribution in [3.8, 4) is 5.75 Å². The van der Waals surface area contributed by atoms with Gasteiger partial charge in [0.1, 0.15) is 12.4 Å². The summed E-state index contributed by atoms with van der Waals surface area (Å²) in [6.45, 7) is 2.94. The molecule has 0 saturated carbocycles. The monoisotopic (exact) mass is 287 g/mol. The zero-order chi connectivity index (χ0) is 14.1. The van der Waals surface area contributed by atoms with E-state index in [4.69, 9.17) is 9.47 Å². The van der Waals surface area contributed by atoms with Crippen LogP contribution in [0, 0.1) is 0 Å². The van der Waals surface area contributed by atoms with Gasteiger partial charge in [-0.3, -0.25) is 0 Å². The quantitative estimate of drug-likeness (QED) is 0.689. The first-order chi connectivity index (χ1) is 9.04. The molecular weight excluding hydrogens is 266 g/mol. The third kappa shape index (κ3) is 6.56. The second-order valence-electron chi connectivity index (χ2n) is 4.19. The Kier molecular flexibility index (Phi) is 6.83. The summed E-state index contributed by atoms with van der Waals surface area (Å²) in [5.74, 6) is 0.672. The van der Waals surface area contributed by atoms with E-state index in [0.29, 0.717) is 17.3 Å². The molecule has 0 amide bonds. The molecule has 108 valence electrons.